The second kappa shape index (κ2) is 6.56. The zero-order valence-electron chi connectivity index (χ0n) is 15.5. The largest absolute Gasteiger partial charge is 0.450 e. The Kier molecular flexibility index (Phi) is 4.34. The van der Waals surface area contributed by atoms with Crippen LogP contribution in [0.15, 0.2) is 28.9 Å². The summed E-state index contributed by atoms with van der Waals surface area (Å²) in [6.45, 7) is 6.92. The Morgan fingerprint density at radius 1 is 1.37 bits per heavy atom. The van der Waals surface area contributed by atoms with E-state index in [9.17, 15) is 4.79 Å². The van der Waals surface area contributed by atoms with Crippen LogP contribution < -0.4 is 10.2 Å². The normalized spacial score (nSPS) is 17.6. The molecule has 0 spiro atoms. The molecule has 0 saturated carbocycles. The molecule has 1 saturated heterocycles. The van der Waals surface area contributed by atoms with Crippen LogP contribution in [0.1, 0.15) is 27.2 Å². The number of aromatic nitrogens is 2. The van der Waals surface area contributed by atoms with Crippen molar-refractivity contribution in [2.24, 2.45) is 0 Å². The SMILES string of the molecule is CC(C)(C)OC(=O)N[C@H]1CCN(c2ncnc3c2oc2ccc(Cl)cc23)C1. The maximum atomic E-state index is 12.0. The van der Waals surface area contributed by atoms with E-state index in [4.69, 9.17) is 20.8 Å². The van der Waals surface area contributed by atoms with Crippen LogP contribution in [0.2, 0.25) is 5.02 Å². The third-order valence-corrected chi connectivity index (χ3v) is 4.64. The molecule has 0 aliphatic carbocycles. The predicted molar refractivity (Wildman–Crippen MR) is 104 cm³/mol. The van der Waals surface area contributed by atoms with Gasteiger partial charge in [-0.2, -0.15) is 0 Å². The maximum absolute atomic E-state index is 12.0. The van der Waals surface area contributed by atoms with Crippen LogP contribution in [0.25, 0.3) is 22.1 Å². The molecule has 1 fully saturated rings. The zero-order chi connectivity index (χ0) is 19.2. The molecular weight excluding hydrogens is 368 g/mol. The molecule has 1 aromatic carbocycles. The molecule has 1 atom stereocenters. The Labute approximate surface area is 161 Å². The van der Waals surface area contributed by atoms with Gasteiger partial charge in [-0.1, -0.05) is 11.6 Å². The first-order valence-corrected chi connectivity index (χ1v) is 9.25. The number of benzene rings is 1. The molecule has 1 aliphatic rings. The highest BCUT2D eigenvalue weighted by atomic mass is 35.5. The van der Waals surface area contributed by atoms with E-state index < -0.39 is 11.7 Å². The van der Waals surface area contributed by atoms with Gasteiger partial charge in [0.25, 0.3) is 0 Å². The molecule has 1 aliphatic heterocycles. The van der Waals surface area contributed by atoms with Gasteiger partial charge in [-0.25, -0.2) is 14.8 Å². The van der Waals surface area contributed by atoms with Gasteiger partial charge in [-0.05, 0) is 45.4 Å². The number of furan rings is 1. The molecular formula is C19H21ClN4O3. The van der Waals surface area contributed by atoms with Crippen LogP contribution in [-0.4, -0.2) is 40.8 Å². The fraction of sp³-hybridized carbons (Fsp3) is 0.421. The summed E-state index contributed by atoms with van der Waals surface area (Å²) < 4.78 is 11.3. The first-order valence-electron chi connectivity index (χ1n) is 8.87. The molecule has 7 nitrogen and oxygen atoms in total. The average Bonchev–Trinajstić information content (AvgIpc) is 3.17. The van der Waals surface area contributed by atoms with Crippen molar-refractivity contribution in [3.05, 3.63) is 29.5 Å². The second-order valence-electron chi connectivity index (χ2n) is 7.70. The number of nitrogens with one attached hydrogen (secondary N) is 1. The number of rotatable bonds is 2. The van der Waals surface area contributed by atoms with Crippen molar-refractivity contribution in [1.82, 2.24) is 15.3 Å². The maximum Gasteiger partial charge on any atom is 0.407 e. The molecule has 4 rings (SSSR count). The van der Waals surface area contributed by atoms with Crippen molar-refractivity contribution in [2.75, 3.05) is 18.0 Å². The van der Waals surface area contributed by atoms with Crippen molar-refractivity contribution < 1.29 is 13.9 Å². The Balaban J connectivity index is 1.57. The van der Waals surface area contributed by atoms with Crippen LogP contribution in [-0.2, 0) is 4.74 Å². The van der Waals surface area contributed by atoms with Crippen molar-refractivity contribution in [1.29, 1.82) is 0 Å². The van der Waals surface area contributed by atoms with Crippen molar-refractivity contribution in [3.8, 4) is 0 Å². The van der Waals surface area contributed by atoms with Gasteiger partial charge in [0, 0.05) is 23.5 Å². The summed E-state index contributed by atoms with van der Waals surface area (Å²) in [6, 6.07) is 5.45. The van der Waals surface area contributed by atoms with Gasteiger partial charge in [-0.3, -0.25) is 0 Å². The highest BCUT2D eigenvalue weighted by Crippen LogP contribution is 2.34. The van der Waals surface area contributed by atoms with Gasteiger partial charge >= 0.3 is 6.09 Å². The summed E-state index contributed by atoms with van der Waals surface area (Å²) in [6.07, 6.45) is 1.93. The van der Waals surface area contributed by atoms with E-state index in [-0.39, 0.29) is 6.04 Å². The number of halogens is 1. The molecule has 27 heavy (non-hydrogen) atoms. The first-order chi connectivity index (χ1) is 12.8. The molecule has 1 N–H and O–H groups in total. The van der Waals surface area contributed by atoms with Crippen LogP contribution >= 0.6 is 11.6 Å². The Morgan fingerprint density at radius 2 is 2.19 bits per heavy atom. The van der Waals surface area contributed by atoms with Crippen LogP contribution in [0, 0.1) is 0 Å². The smallest absolute Gasteiger partial charge is 0.407 e. The fourth-order valence-corrected chi connectivity index (χ4v) is 3.48. The molecule has 0 radical (unpaired) electrons. The topological polar surface area (TPSA) is 80.5 Å². The van der Waals surface area contributed by atoms with E-state index in [1.54, 1.807) is 6.07 Å². The number of carbonyl (C=O) groups is 1. The first kappa shape index (κ1) is 17.9. The molecule has 8 heteroatoms. The van der Waals surface area contributed by atoms with E-state index >= 15 is 0 Å². The number of carbonyl (C=O) groups excluding carboxylic acids is 1. The van der Waals surface area contributed by atoms with Gasteiger partial charge in [0.05, 0.1) is 6.04 Å². The van der Waals surface area contributed by atoms with Crippen molar-refractivity contribution >= 4 is 45.6 Å². The number of amides is 1. The van der Waals surface area contributed by atoms with Gasteiger partial charge in [-0.15, -0.1) is 0 Å². The number of alkyl carbamates (subject to hydrolysis) is 1. The minimum atomic E-state index is -0.517. The summed E-state index contributed by atoms with van der Waals surface area (Å²) in [7, 11) is 0. The van der Waals surface area contributed by atoms with Crippen molar-refractivity contribution in [2.45, 2.75) is 38.8 Å². The van der Waals surface area contributed by atoms with Crippen LogP contribution in [0.3, 0.4) is 0 Å². The van der Waals surface area contributed by atoms with E-state index in [1.807, 2.05) is 32.9 Å². The number of ether oxygens (including phenoxy) is 1. The number of fused-ring (bicyclic) bond motifs is 3. The highest BCUT2D eigenvalue weighted by molar-refractivity contribution is 6.31. The van der Waals surface area contributed by atoms with E-state index in [0.29, 0.717) is 17.2 Å². The lowest BCUT2D eigenvalue weighted by atomic mass is 10.2. The zero-order valence-corrected chi connectivity index (χ0v) is 16.2. The minimum absolute atomic E-state index is 0.0105. The summed E-state index contributed by atoms with van der Waals surface area (Å²) in [4.78, 5) is 22.9. The monoisotopic (exact) mass is 388 g/mol. The standard InChI is InChI=1S/C19H21ClN4O3/c1-19(2,3)27-18(25)23-12-6-7-24(9-12)17-16-15(21-10-22-17)13-8-11(20)4-5-14(13)26-16/h4-5,8,10,12H,6-7,9H2,1-3H3,(H,23,25)/t12-/m0/s1. The summed E-state index contributed by atoms with van der Waals surface area (Å²) >= 11 is 6.11. The van der Waals surface area contributed by atoms with Crippen LogP contribution in [0.5, 0.6) is 0 Å². The molecule has 2 aromatic heterocycles. The summed E-state index contributed by atoms with van der Waals surface area (Å²) in [5.74, 6) is 0.723. The van der Waals surface area contributed by atoms with E-state index in [1.165, 1.54) is 6.33 Å². The Hall–Kier alpha value is -2.54. The fourth-order valence-electron chi connectivity index (χ4n) is 3.31. The molecule has 1 amide bonds. The molecule has 0 bridgehead atoms. The number of hydrogen-bond acceptors (Lipinski definition) is 6. The lowest BCUT2D eigenvalue weighted by molar-refractivity contribution is 0.0509. The molecule has 3 aromatic rings. The van der Waals surface area contributed by atoms with Crippen LogP contribution in [0.4, 0.5) is 10.6 Å². The van der Waals surface area contributed by atoms with E-state index in [2.05, 4.69) is 20.2 Å². The number of anilines is 1. The average molecular weight is 389 g/mol. The number of hydrogen-bond donors (Lipinski definition) is 1. The van der Waals surface area contributed by atoms with Gasteiger partial charge in [0.15, 0.2) is 11.4 Å². The highest BCUT2D eigenvalue weighted by Gasteiger charge is 2.29. The third-order valence-electron chi connectivity index (χ3n) is 4.40. The minimum Gasteiger partial charge on any atom is -0.450 e. The van der Waals surface area contributed by atoms with Gasteiger partial charge in [0.2, 0.25) is 0 Å². The van der Waals surface area contributed by atoms with E-state index in [0.717, 1.165) is 35.3 Å². The van der Waals surface area contributed by atoms with Gasteiger partial charge in [0.1, 0.15) is 23.0 Å². The Bertz CT molecular complexity index is 1010. The summed E-state index contributed by atoms with van der Waals surface area (Å²) in [5, 5.41) is 4.42. The number of nitrogens with zero attached hydrogens (tertiary/aromatic N) is 3. The predicted octanol–water partition coefficient (Wildman–Crippen LogP) is 4.13. The lowest BCUT2D eigenvalue weighted by Crippen LogP contribution is -2.40. The lowest BCUT2D eigenvalue weighted by Gasteiger charge is -2.22. The summed E-state index contributed by atoms with van der Waals surface area (Å²) in [5.41, 5.74) is 1.57. The molecule has 0 unspecified atom stereocenters. The van der Waals surface area contributed by atoms with Crippen molar-refractivity contribution in [3.63, 3.8) is 0 Å². The van der Waals surface area contributed by atoms with Gasteiger partial charge < -0.3 is 19.4 Å². The second-order valence-corrected chi connectivity index (χ2v) is 8.13. The Morgan fingerprint density at radius 3 is 2.96 bits per heavy atom. The molecule has 142 valence electrons. The molecule has 3 heterocycles. The third kappa shape index (κ3) is 3.64. The quantitative estimate of drug-likeness (QED) is 0.710.